The highest BCUT2D eigenvalue weighted by atomic mass is 32.2. The summed E-state index contributed by atoms with van der Waals surface area (Å²) in [5.74, 6) is 0.836. The zero-order valence-electron chi connectivity index (χ0n) is 15.1. The SMILES string of the molecule is O=C(Cn1nnc2ccccc21)N1c2ccccc2SC[C@H]1c1ccccc1. The molecule has 0 radical (unpaired) electrons. The number of hydrogen-bond acceptors (Lipinski definition) is 4. The first kappa shape index (κ1) is 17.0. The van der Waals surface area contributed by atoms with E-state index in [1.807, 2.05) is 65.6 Å². The van der Waals surface area contributed by atoms with Crippen LogP contribution in [-0.4, -0.2) is 26.7 Å². The number of benzene rings is 3. The summed E-state index contributed by atoms with van der Waals surface area (Å²) >= 11 is 1.79. The van der Waals surface area contributed by atoms with Gasteiger partial charge in [-0.3, -0.25) is 4.79 Å². The number of para-hydroxylation sites is 2. The molecule has 6 heteroatoms. The molecule has 0 fully saturated rings. The number of carbonyl (C=O) groups is 1. The summed E-state index contributed by atoms with van der Waals surface area (Å²) in [6.45, 7) is 0.156. The average Bonchev–Trinajstić information content (AvgIpc) is 3.16. The van der Waals surface area contributed by atoms with E-state index in [9.17, 15) is 4.79 Å². The summed E-state index contributed by atoms with van der Waals surface area (Å²) in [5.41, 5.74) is 3.76. The molecule has 0 spiro atoms. The quantitative estimate of drug-likeness (QED) is 0.526. The van der Waals surface area contributed by atoms with E-state index in [2.05, 4.69) is 28.5 Å². The lowest BCUT2D eigenvalue weighted by Crippen LogP contribution is -2.40. The second kappa shape index (κ2) is 7.13. The van der Waals surface area contributed by atoms with E-state index < -0.39 is 0 Å². The Hall–Kier alpha value is -3.12. The zero-order valence-corrected chi connectivity index (χ0v) is 15.9. The van der Waals surface area contributed by atoms with Crippen LogP contribution in [0.4, 0.5) is 5.69 Å². The molecule has 1 amide bonds. The third kappa shape index (κ3) is 2.96. The van der Waals surface area contributed by atoms with Crippen molar-refractivity contribution in [1.82, 2.24) is 15.0 Å². The highest BCUT2D eigenvalue weighted by Gasteiger charge is 2.32. The molecule has 138 valence electrons. The van der Waals surface area contributed by atoms with Gasteiger partial charge >= 0.3 is 0 Å². The minimum Gasteiger partial charge on any atom is -0.301 e. The van der Waals surface area contributed by atoms with Gasteiger partial charge in [-0.1, -0.05) is 59.8 Å². The zero-order chi connectivity index (χ0) is 18.9. The maximum absolute atomic E-state index is 13.5. The molecule has 5 nitrogen and oxygen atoms in total. The minimum absolute atomic E-state index is 0.0108. The molecule has 1 aromatic heterocycles. The number of aromatic nitrogens is 3. The van der Waals surface area contributed by atoms with Crippen LogP contribution in [0.15, 0.2) is 83.8 Å². The summed E-state index contributed by atoms with van der Waals surface area (Å²) in [6, 6.07) is 26.0. The van der Waals surface area contributed by atoms with E-state index >= 15 is 0 Å². The predicted molar refractivity (Wildman–Crippen MR) is 111 cm³/mol. The number of fused-ring (bicyclic) bond motifs is 2. The fraction of sp³-hybridized carbons (Fsp3) is 0.136. The van der Waals surface area contributed by atoms with E-state index in [-0.39, 0.29) is 18.5 Å². The van der Waals surface area contributed by atoms with Crippen LogP contribution in [0.25, 0.3) is 11.0 Å². The molecule has 0 bridgehead atoms. The van der Waals surface area contributed by atoms with Gasteiger partial charge in [-0.2, -0.15) is 0 Å². The summed E-state index contributed by atoms with van der Waals surface area (Å²) in [7, 11) is 0. The predicted octanol–water partition coefficient (Wildman–Crippen LogP) is 4.31. The lowest BCUT2D eigenvalue weighted by molar-refractivity contribution is -0.119. The van der Waals surface area contributed by atoms with E-state index in [4.69, 9.17) is 0 Å². The highest BCUT2D eigenvalue weighted by molar-refractivity contribution is 7.99. The molecule has 0 saturated heterocycles. The Morgan fingerprint density at radius 2 is 1.71 bits per heavy atom. The first-order chi connectivity index (χ1) is 13.8. The Morgan fingerprint density at radius 3 is 2.61 bits per heavy atom. The van der Waals surface area contributed by atoms with Crippen molar-refractivity contribution in [2.75, 3.05) is 10.7 Å². The van der Waals surface area contributed by atoms with E-state index in [0.29, 0.717) is 0 Å². The van der Waals surface area contributed by atoms with Crippen LogP contribution in [0.5, 0.6) is 0 Å². The molecule has 0 unspecified atom stereocenters. The van der Waals surface area contributed by atoms with Crippen LogP contribution in [0.1, 0.15) is 11.6 Å². The number of thioether (sulfide) groups is 1. The van der Waals surface area contributed by atoms with Crippen molar-refractivity contribution in [2.24, 2.45) is 0 Å². The molecule has 0 aliphatic carbocycles. The second-order valence-corrected chi connectivity index (χ2v) is 7.77. The topological polar surface area (TPSA) is 51.0 Å². The second-order valence-electron chi connectivity index (χ2n) is 6.70. The van der Waals surface area contributed by atoms with Crippen molar-refractivity contribution < 1.29 is 4.79 Å². The number of rotatable bonds is 3. The largest absolute Gasteiger partial charge is 0.301 e. The maximum atomic E-state index is 13.5. The van der Waals surface area contributed by atoms with Crippen molar-refractivity contribution in [2.45, 2.75) is 17.5 Å². The van der Waals surface area contributed by atoms with Gasteiger partial charge < -0.3 is 4.90 Å². The lowest BCUT2D eigenvalue weighted by Gasteiger charge is -2.37. The first-order valence-corrected chi connectivity index (χ1v) is 10.2. The van der Waals surface area contributed by atoms with Crippen LogP contribution in [0.3, 0.4) is 0 Å². The van der Waals surface area contributed by atoms with E-state index in [1.165, 1.54) is 0 Å². The van der Waals surface area contributed by atoms with Gasteiger partial charge in [0.15, 0.2) is 0 Å². The highest BCUT2D eigenvalue weighted by Crippen LogP contribution is 2.43. The number of amides is 1. The molecule has 1 aliphatic heterocycles. The molecule has 28 heavy (non-hydrogen) atoms. The summed E-state index contributed by atoms with van der Waals surface area (Å²) < 4.78 is 1.68. The van der Waals surface area contributed by atoms with Crippen molar-refractivity contribution in [3.8, 4) is 0 Å². The van der Waals surface area contributed by atoms with Crippen LogP contribution >= 0.6 is 11.8 Å². The molecule has 1 aliphatic rings. The fourth-order valence-corrected chi connectivity index (χ4v) is 4.82. The van der Waals surface area contributed by atoms with Crippen molar-refractivity contribution in [3.05, 3.63) is 84.4 Å². The van der Waals surface area contributed by atoms with Gasteiger partial charge in [-0.25, -0.2) is 4.68 Å². The molecule has 0 N–H and O–H groups in total. The van der Waals surface area contributed by atoms with Gasteiger partial charge in [0.2, 0.25) is 5.91 Å². The Morgan fingerprint density at radius 1 is 0.964 bits per heavy atom. The van der Waals surface area contributed by atoms with Gasteiger partial charge in [0, 0.05) is 10.6 Å². The molecule has 0 saturated carbocycles. The normalized spacial score (nSPS) is 16.1. The molecular formula is C22H18N4OS. The Balaban J connectivity index is 1.54. The van der Waals surface area contributed by atoms with Gasteiger partial charge in [-0.05, 0) is 29.8 Å². The molecule has 2 heterocycles. The van der Waals surface area contributed by atoms with Crippen molar-refractivity contribution >= 4 is 34.4 Å². The standard InChI is InChI=1S/C22H18N4OS/c27-22(14-25-18-11-5-4-10-17(18)23-24-25)26-19-12-6-7-13-21(19)28-15-20(26)16-8-2-1-3-9-16/h1-13,20H,14-15H2/t20-/m0/s1. The number of anilines is 1. The fourth-order valence-electron chi connectivity index (χ4n) is 3.66. The third-order valence-electron chi connectivity index (χ3n) is 4.99. The number of nitrogens with zero attached hydrogens (tertiary/aromatic N) is 4. The van der Waals surface area contributed by atoms with Crippen LogP contribution in [0.2, 0.25) is 0 Å². The van der Waals surface area contributed by atoms with Gasteiger partial charge in [0.1, 0.15) is 12.1 Å². The Labute approximate surface area is 167 Å². The van der Waals surface area contributed by atoms with E-state index in [1.54, 1.807) is 16.4 Å². The monoisotopic (exact) mass is 386 g/mol. The van der Waals surface area contributed by atoms with Crippen LogP contribution in [0, 0.1) is 0 Å². The molecule has 5 rings (SSSR count). The molecule has 1 atom stereocenters. The molecular weight excluding hydrogens is 368 g/mol. The summed E-state index contributed by atoms with van der Waals surface area (Å²) in [5, 5.41) is 8.37. The van der Waals surface area contributed by atoms with Gasteiger partial charge in [0.05, 0.1) is 17.2 Å². The van der Waals surface area contributed by atoms with E-state index in [0.717, 1.165) is 32.9 Å². The lowest BCUT2D eigenvalue weighted by atomic mass is 10.1. The Bertz CT molecular complexity index is 1140. The Kier molecular flexibility index (Phi) is 4.33. The van der Waals surface area contributed by atoms with Crippen molar-refractivity contribution in [1.29, 1.82) is 0 Å². The van der Waals surface area contributed by atoms with Crippen molar-refractivity contribution in [3.63, 3.8) is 0 Å². The smallest absolute Gasteiger partial charge is 0.249 e. The van der Waals surface area contributed by atoms with Crippen LogP contribution < -0.4 is 4.90 Å². The summed E-state index contributed by atoms with van der Waals surface area (Å²) in [6.07, 6.45) is 0. The minimum atomic E-state index is -0.0108. The maximum Gasteiger partial charge on any atom is 0.249 e. The average molecular weight is 386 g/mol. The first-order valence-electron chi connectivity index (χ1n) is 9.18. The number of hydrogen-bond donors (Lipinski definition) is 0. The summed E-state index contributed by atoms with van der Waals surface area (Å²) in [4.78, 5) is 16.5. The van der Waals surface area contributed by atoms with Crippen LogP contribution in [-0.2, 0) is 11.3 Å². The van der Waals surface area contributed by atoms with Gasteiger partial charge in [0.25, 0.3) is 0 Å². The molecule has 3 aromatic carbocycles. The third-order valence-corrected chi connectivity index (χ3v) is 6.13. The number of carbonyl (C=O) groups excluding carboxylic acids is 1. The molecule has 4 aromatic rings. The van der Waals surface area contributed by atoms with Gasteiger partial charge in [-0.15, -0.1) is 16.9 Å².